The van der Waals surface area contributed by atoms with Crippen LogP contribution in [0.2, 0.25) is 0 Å². The van der Waals surface area contributed by atoms with Crippen LogP contribution in [0.5, 0.6) is 11.5 Å². The lowest BCUT2D eigenvalue weighted by molar-refractivity contribution is 0.0744. The highest BCUT2D eigenvalue weighted by atomic mass is 16.5. The van der Waals surface area contributed by atoms with Gasteiger partial charge >= 0.3 is 0 Å². The number of nitrogens with one attached hydrogen (secondary N) is 2. The molecule has 0 aliphatic carbocycles. The van der Waals surface area contributed by atoms with Gasteiger partial charge in [-0.25, -0.2) is 10.9 Å². The molecule has 0 amide bonds. The highest BCUT2D eigenvalue weighted by Crippen LogP contribution is 2.21. The SMILES string of the molecule is Oc1cccc(CCc2ccccc2OC[C@@H](O)CN2CNNC2)c1. The lowest BCUT2D eigenvalue weighted by Crippen LogP contribution is -2.35. The molecule has 2 aromatic rings. The third-order valence-corrected chi connectivity index (χ3v) is 4.20. The topological polar surface area (TPSA) is 77.0 Å². The van der Waals surface area contributed by atoms with Gasteiger partial charge in [0.25, 0.3) is 0 Å². The number of rotatable bonds is 8. The first kappa shape index (κ1) is 17.7. The fourth-order valence-electron chi connectivity index (χ4n) is 2.90. The molecule has 0 saturated carbocycles. The highest BCUT2D eigenvalue weighted by molar-refractivity contribution is 5.35. The van der Waals surface area contributed by atoms with Crippen LogP contribution in [0.4, 0.5) is 0 Å². The van der Waals surface area contributed by atoms with Crippen molar-refractivity contribution >= 4 is 0 Å². The molecule has 0 spiro atoms. The fourth-order valence-corrected chi connectivity index (χ4v) is 2.90. The summed E-state index contributed by atoms with van der Waals surface area (Å²) in [6.45, 7) is 2.26. The van der Waals surface area contributed by atoms with Crippen molar-refractivity contribution in [3.8, 4) is 11.5 Å². The van der Waals surface area contributed by atoms with Gasteiger partial charge < -0.3 is 14.9 Å². The number of ether oxygens (including phenoxy) is 1. The van der Waals surface area contributed by atoms with E-state index >= 15 is 0 Å². The van der Waals surface area contributed by atoms with E-state index in [1.54, 1.807) is 12.1 Å². The van der Waals surface area contributed by atoms with Crippen LogP contribution in [0.3, 0.4) is 0 Å². The maximum Gasteiger partial charge on any atom is 0.122 e. The van der Waals surface area contributed by atoms with Crippen LogP contribution >= 0.6 is 0 Å². The summed E-state index contributed by atoms with van der Waals surface area (Å²) in [4.78, 5) is 2.07. The summed E-state index contributed by atoms with van der Waals surface area (Å²) in [5.74, 6) is 1.09. The molecule has 6 nitrogen and oxygen atoms in total. The Balaban J connectivity index is 1.53. The largest absolute Gasteiger partial charge is 0.508 e. The van der Waals surface area contributed by atoms with Crippen LogP contribution in [-0.2, 0) is 12.8 Å². The number of hydrogen-bond acceptors (Lipinski definition) is 6. The molecule has 6 heteroatoms. The Bertz CT molecular complexity index is 674. The summed E-state index contributed by atoms with van der Waals surface area (Å²) in [7, 11) is 0. The molecule has 134 valence electrons. The Morgan fingerprint density at radius 2 is 1.84 bits per heavy atom. The molecule has 1 aliphatic rings. The summed E-state index contributed by atoms with van der Waals surface area (Å²) in [5, 5.41) is 19.7. The summed E-state index contributed by atoms with van der Waals surface area (Å²) in [6.07, 6.45) is 1.10. The molecule has 0 bridgehead atoms. The Hall–Kier alpha value is -2.12. The molecule has 0 unspecified atom stereocenters. The average Bonchev–Trinajstić information content (AvgIpc) is 3.12. The molecule has 1 atom stereocenters. The zero-order valence-corrected chi connectivity index (χ0v) is 14.2. The van der Waals surface area contributed by atoms with Crippen LogP contribution in [0.1, 0.15) is 11.1 Å². The number of aryl methyl sites for hydroxylation is 2. The number of phenolic OH excluding ortho intramolecular Hbond substituents is 1. The van der Waals surface area contributed by atoms with E-state index in [0.29, 0.717) is 6.54 Å². The van der Waals surface area contributed by atoms with E-state index < -0.39 is 6.10 Å². The predicted molar refractivity (Wildman–Crippen MR) is 96.2 cm³/mol. The van der Waals surface area contributed by atoms with Crippen LogP contribution in [0.15, 0.2) is 48.5 Å². The van der Waals surface area contributed by atoms with Crippen LogP contribution < -0.4 is 15.6 Å². The molecule has 3 rings (SSSR count). The van der Waals surface area contributed by atoms with Crippen molar-refractivity contribution < 1.29 is 14.9 Å². The van der Waals surface area contributed by atoms with E-state index in [9.17, 15) is 10.2 Å². The number of β-amino-alcohol motifs (C(OH)–C–C–N with tert-alkyl or cyclic N) is 1. The highest BCUT2D eigenvalue weighted by Gasteiger charge is 2.16. The zero-order chi connectivity index (χ0) is 17.5. The summed E-state index contributed by atoms with van der Waals surface area (Å²) >= 11 is 0. The molecule has 0 aromatic heterocycles. The van der Waals surface area contributed by atoms with E-state index in [1.165, 1.54) is 0 Å². The maximum absolute atomic E-state index is 10.2. The first-order valence-electron chi connectivity index (χ1n) is 8.55. The molecular formula is C19H25N3O3. The predicted octanol–water partition coefficient (Wildman–Crippen LogP) is 1.24. The van der Waals surface area contributed by atoms with Crippen molar-refractivity contribution in [1.29, 1.82) is 0 Å². The van der Waals surface area contributed by atoms with Gasteiger partial charge in [-0.2, -0.15) is 0 Å². The van der Waals surface area contributed by atoms with Crippen LogP contribution in [0, 0.1) is 0 Å². The van der Waals surface area contributed by atoms with Gasteiger partial charge in [0.05, 0.1) is 13.3 Å². The Morgan fingerprint density at radius 1 is 1.04 bits per heavy atom. The third-order valence-electron chi connectivity index (χ3n) is 4.20. The molecular weight excluding hydrogens is 318 g/mol. The van der Waals surface area contributed by atoms with Crippen molar-refractivity contribution in [2.24, 2.45) is 0 Å². The molecule has 2 aromatic carbocycles. The number of hydrogen-bond donors (Lipinski definition) is 4. The van der Waals surface area contributed by atoms with Gasteiger partial charge in [0, 0.05) is 6.54 Å². The van der Waals surface area contributed by atoms with Gasteiger partial charge in [0.2, 0.25) is 0 Å². The van der Waals surface area contributed by atoms with E-state index in [1.807, 2.05) is 36.4 Å². The smallest absolute Gasteiger partial charge is 0.122 e. The van der Waals surface area contributed by atoms with Crippen molar-refractivity contribution in [2.75, 3.05) is 26.5 Å². The number of aliphatic hydroxyl groups excluding tert-OH is 1. The summed E-state index contributed by atoms with van der Waals surface area (Å²) in [6, 6.07) is 15.2. The first-order valence-corrected chi connectivity index (χ1v) is 8.55. The molecule has 25 heavy (non-hydrogen) atoms. The van der Waals surface area contributed by atoms with E-state index in [2.05, 4.69) is 15.8 Å². The third kappa shape index (κ3) is 5.44. The number of nitrogens with zero attached hydrogens (tertiary/aromatic N) is 1. The maximum atomic E-state index is 10.2. The zero-order valence-electron chi connectivity index (χ0n) is 14.2. The lowest BCUT2D eigenvalue weighted by atomic mass is 10.0. The lowest BCUT2D eigenvalue weighted by Gasteiger charge is -2.19. The number of para-hydroxylation sites is 1. The van der Waals surface area contributed by atoms with E-state index in [0.717, 1.165) is 43.1 Å². The second-order valence-corrected chi connectivity index (χ2v) is 6.27. The molecule has 1 heterocycles. The van der Waals surface area contributed by atoms with Gasteiger partial charge in [0.15, 0.2) is 0 Å². The number of aliphatic hydroxyl groups is 1. The molecule has 0 radical (unpaired) electrons. The van der Waals surface area contributed by atoms with Gasteiger partial charge in [-0.05, 0) is 42.2 Å². The second kappa shape index (κ2) is 8.82. The average molecular weight is 343 g/mol. The normalized spacial score (nSPS) is 16.0. The van der Waals surface area contributed by atoms with Crippen molar-refractivity contribution in [2.45, 2.75) is 18.9 Å². The quantitative estimate of drug-likeness (QED) is 0.578. The first-order chi connectivity index (χ1) is 12.2. The van der Waals surface area contributed by atoms with Crippen LogP contribution in [0.25, 0.3) is 0 Å². The second-order valence-electron chi connectivity index (χ2n) is 6.27. The van der Waals surface area contributed by atoms with E-state index in [-0.39, 0.29) is 12.4 Å². The summed E-state index contributed by atoms with van der Waals surface area (Å²) < 4.78 is 5.85. The minimum absolute atomic E-state index is 0.264. The van der Waals surface area contributed by atoms with Gasteiger partial charge in [0.1, 0.15) is 24.2 Å². The summed E-state index contributed by atoms with van der Waals surface area (Å²) in [5.41, 5.74) is 8.19. The minimum atomic E-state index is -0.541. The molecule has 1 fully saturated rings. The Labute approximate surface area is 148 Å². The molecule has 1 aliphatic heterocycles. The van der Waals surface area contributed by atoms with Gasteiger partial charge in [-0.1, -0.05) is 30.3 Å². The van der Waals surface area contributed by atoms with Gasteiger partial charge in [-0.15, -0.1) is 0 Å². The monoisotopic (exact) mass is 343 g/mol. The Morgan fingerprint density at radius 3 is 2.64 bits per heavy atom. The van der Waals surface area contributed by atoms with Crippen molar-refractivity contribution in [3.63, 3.8) is 0 Å². The number of benzene rings is 2. The van der Waals surface area contributed by atoms with Crippen LogP contribution in [-0.4, -0.2) is 47.7 Å². The van der Waals surface area contributed by atoms with E-state index in [4.69, 9.17) is 4.74 Å². The number of aromatic hydroxyl groups is 1. The minimum Gasteiger partial charge on any atom is -0.508 e. The molecule has 4 N–H and O–H groups in total. The number of hydrazine groups is 1. The molecule has 1 saturated heterocycles. The van der Waals surface area contributed by atoms with Crippen molar-refractivity contribution in [3.05, 3.63) is 59.7 Å². The fraction of sp³-hybridized carbons (Fsp3) is 0.368. The van der Waals surface area contributed by atoms with Crippen molar-refractivity contribution in [1.82, 2.24) is 15.8 Å². The van der Waals surface area contributed by atoms with Gasteiger partial charge in [-0.3, -0.25) is 4.90 Å². The Kier molecular flexibility index (Phi) is 6.25. The standard InChI is InChI=1S/C19H25N3O3/c23-17-6-3-4-15(10-17)8-9-16-5-1-2-7-19(16)25-12-18(24)11-22-13-20-21-14-22/h1-7,10,18,20-21,23-24H,8-9,11-14H2/t18-/m0/s1. The number of phenols is 1.